The third-order valence-corrected chi connectivity index (χ3v) is 2.62. The fraction of sp³-hybridized carbons (Fsp3) is 0.125. The molecule has 7 heteroatoms. The zero-order valence-corrected chi connectivity index (χ0v) is 9.01. The summed E-state index contributed by atoms with van der Waals surface area (Å²) in [6, 6.07) is 3.53. The van der Waals surface area contributed by atoms with Gasteiger partial charge in [0.1, 0.15) is 5.88 Å². The normalized spacial score (nSPS) is 10.2. The van der Waals surface area contributed by atoms with Crippen molar-refractivity contribution in [1.82, 2.24) is 10.2 Å². The molecule has 2 rings (SSSR count). The van der Waals surface area contributed by atoms with Crippen LogP contribution in [0.15, 0.2) is 22.8 Å². The summed E-state index contributed by atoms with van der Waals surface area (Å²) in [6.45, 7) is 0. The molecule has 0 saturated carbocycles. The van der Waals surface area contributed by atoms with Crippen molar-refractivity contribution in [3.05, 3.63) is 18.4 Å². The van der Waals surface area contributed by atoms with Crippen LogP contribution < -0.4 is 5.32 Å². The van der Waals surface area contributed by atoms with E-state index in [0.29, 0.717) is 15.9 Å². The number of hydrogen-bond acceptors (Lipinski definition) is 5. The molecule has 0 aliphatic rings. The summed E-state index contributed by atoms with van der Waals surface area (Å²) in [5.74, 6) is 0.216. The van der Waals surface area contributed by atoms with Gasteiger partial charge < -0.3 is 4.42 Å². The Kier molecular flexibility index (Phi) is 2.98. The molecule has 0 radical (unpaired) electrons. The predicted molar refractivity (Wildman–Crippen MR) is 57.0 cm³/mol. The van der Waals surface area contributed by atoms with Crippen LogP contribution >= 0.6 is 22.9 Å². The average Bonchev–Trinajstić information content (AvgIpc) is 2.85. The molecule has 1 amide bonds. The lowest BCUT2D eigenvalue weighted by atomic mass is 10.5. The first-order chi connectivity index (χ1) is 7.29. The summed E-state index contributed by atoms with van der Waals surface area (Å²) < 4.78 is 5.13. The topological polar surface area (TPSA) is 68.0 Å². The third kappa shape index (κ3) is 2.34. The molecule has 15 heavy (non-hydrogen) atoms. The molecule has 5 nitrogen and oxygen atoms in total. The van der Waals surface area contributed by atoms with E-state index in [1.165, 1.54) is 11.3 Å². The molecule has 0 saturated heterocycles. The second-order valence-electron chi connectivity index (χ2n) is 2.57. The largest absolute Gasteiger partial charge is 0.462 e. The summed E-state index contributed by atoms with van der Waals surface area (Å²) >= 11 is 6.56. The molecular weight excluding hydrogens is 238 g/mol. The molecule has 78 valence electrons. The van der Waals surface area contributed by atoms with Gasteiger partial charge in [-0.15, -0.1) is 21.8 Å². The Balaban J connectivity index is 2.14. The number of nitrogens with one attached hydrogen (secondary N) is 1. The smallest absolute Gasteiger partial charge is 0.241 e. The first kappa shape index (κ1) is 10.1. The molecule has 2 aromatic rings. The predicted octanol–water partition coefficient (Wildman–Crippen LogP) is 1.98. The van der Waals surface area contributed by atoms with Crippen molar-refractivity contribution in [1.29, 1.82) is 0 Å². The van der Waals surface area contributed by atoms with Gasteiger partial charge in [0, 0.05) is 0 Å². The van der Waals surface area contributed by atoms with Gasteiger partial charge in [-0.25, -0.2) is 0 Å². The van der Waals surface area contributed by atoms with E-state index in [0.717, 1.165) is 0 Å². The molecule has 0 aliphatic carbocycles. The molecule has 0 atom stereocenters. The first-order valence-electron chi connectivity index (χ1n) is 4.03. The van der Waals surface area contributed by atoms with Crippen molar-refractivity contribution >= 4 is 34.0 Å². The van der Waals surface area contributed by atoms with Crippen molar-refractivity contribution in [2.75, 3.05) is 11.2 Å². The monoisotopic (exact) mass is 243 g/mol. The quantitative estimate of drug-likeness (QED) is 0.837. The highest BCUT2D eigenvalue weighted by Gasteiger charge is 2.10. The van der Waals surface area contributed by atoms with Crippen LogP contribution in [0, 0.1) is 0 Å². The van der Waals surface area contributed by atoms with Crippen LogP contribution in [0.5, 0.6) is 0 Å². The molecule has 0 unspecified atom stereocenters. The Labute approximate surface area is 94.1 Å². The average molecular weight is 244 g/mol. The summed E-state index contributed by atoms with van der Waals surface area (Å²) in [6.07, 6.45) is 1.55. The summed E-state index contributed by atoms with van der Waals surface area (Å²) in [4.78, 5) is 10.9. The maximum atomic E-state index is 10.9. The van der Waals surface area contributed by atoms with E-state index in [1.54, 1.807) is 18.4 Å². The lowest BCUT2D eigenvalue weighted by Crippen LogP contribution is -2.12. The Morgan fingerprint density at radius 3 is 3.13 bits per heavy atom. The fourth-order valence-corrected chi connectivity index (χ4v) is 1.72. The highest BCUT2D eigenvalue weighted by Crippen LogP contribution is 2.26. The Bertz CT molecular complexity index is 454. The number of aromatic nitrogens is 2. The number of furan rings is 1. The van der Waals surface area contributed by atoms with Gasteiger partial charge in [-0.1, -0.05) is 11.3 Å². The first-order valence-corrected chi connectivity index (χ1v) is 5.38. The van der Waals surface area contributed by atoms with Crippen LogP contribution in [-0.4, -0.2) is 22.0 Å². The van der Waals surface area contributed by atoms with Crippen LogP contribution in [-0.2, 0) is 4.79 Å². The molecule has 2 aromatic heterocycles. The summed E-state index contributed by atoms with van der Waals surface area (Å²) in [5, 5.41) is 11.2. The molecule has 0 fully saturated rings. The zero-order chi connectivity index (χ0) is 10.7. The number of hydrogen-bond donors (Lipinski definition) is 1. The highest BCUT2D eigenvalue weighted by molar-refractivity contribution is 7.18. The van der Waals surface area contributed by atoms with Gasteiger partial charge in [0.25, 0.3) is 0 Å². The Hall–Kier alpha value is -1.40. The molecular formula is C8H6ClN3O2S. The van der Waals surface area contributed by atoms with Gasteiger partial charge in [-0.3, -0.25) is 10.1 Å². The van der Waals surface area contributed by atoms with Gasteiger partial charge in [0.15, 0.2) is 10.8 Å². The van der Waals surface area contributed by atoms with Crippen molar-refractivity contribution < 1.29 is 9.21 Å². The molecule has 0 aromatic carbocycles. The Morgan fingerprint density at radius 1 is 1.60 bits per heavy atom. The summed E-state index contributed by atoms with van der Waals surface area (Å²) in [7, 11) is 0. The fourth-order valence-electron chi connectivity index (χ4n) is 0.926. The minimum Gasteiger partial charge on any atom is -0.462 e. The number of alkyl halides is 1. The number of carbonyl (C=O) groups is 1. The number of carbonyl (C=O) groups excluding carboxylic acids is 1. The number of anilines is 1. The van der Waals surface area contributed by atoms with Crippen molar-refractivity contribution in [2.45, 2.75) is 0 Å². The van der Waals surface area contributed by atoms with E-state index < -0.39 is 0 Å². The van der Waals surface area contributed by atoms with Crippen molar-refractivity contribution in [2.24, 2.45) is 0 Å². The summed E-state index contributed by atoms with van der Waals surface area (Å²) in [5.41, 5.74) is 0. The van der Waals surface area contributed by atoms with Crippen LogP contribution in [0.1, 0.15) is 0 Å². The van der Waals surface area contributed by atoms with Gasteiger partial charge in [0.05, 0.1) is 6.26 Å². The molecule has 0 aliphatic heterocycles. The van der Waals surface area contributed by atoms with Gasteiger partial charge in [-0.2, -0.15) is 0 Å². The Morgan fingerprint density at radius 2 is 2.47 bits per heavy atom. The van der Waals surface area contributed by atoms with E-state index in [4.69, 9.17) is 16.0 Å². The van der Waals surface area contributed by atoms with Gasteiger partial charge in [0.2, 0.25) is 11.0 Å². The van der Waals surface area contributed by atoms with E-state index in [9.17, 15) is 4.79 Å². The molecule has 0 spiro atoms. The highest BCUT2D eigenvalue weighted by atomic mass is 35.5. The molecule has 0 bridgehead atoms. The van der Waals surface area contributed by atoms with E-state index in [2.05, 4.69) is 15.5 Å². The maximum Gasteiger partial charge on any atom is 0.241 e. The van der Waals surface area contributed by atoms with Crippen LogP contribution in [0.2, 0.25) is 0 Å². The number of amides is 1. The van der Waals surface area contributed by atoms with Crippen molar-refractivity contribution in [3.63, 3.8) is 0 Å². The number of halogens is 1. The molecule has 2 heterocycles. The minimum atomic E-state index is -0.307. The SMILES string of the molecule is O=C(CCl)Nc1nnc(-c2ccco2)s1. The molecule has 1 N–H and O–H groups in total. The van der Waals surface area contributed by atoms with Crippen LogP contribution in [0.4, 0.5) is 5.13 Å². The second kappa shape index (κ2) is 4.41. The lowest BCUT2D eigenvalue weighted by Gasteiger charge is -1.93. The zero-order valence-electron chi connectivity index (χ0n) is 7.44. The maximum absolute atomic E-state index is 10.9. The number of nitrogens with zero attached hydrogens (tertiary/aromatic N) is 2. The van der Waals surface area contributed by atoms with Crippen LogP contribution in [0.25, 0.3) is 10.8 Å². The second-order valence-corrected chi connectivity index (χ2v) is 3.82. The van der Waals surface area contributed by atoms with E-state index in [-0.39, 0.29) is 11.8 Å². The third-order valence-electron chi connectivity index (χ3n) is 1.52. The minimum absolute atomic E-state index is 0.102. The van der Waals surface area contributed by atoms with Crippen molar-refractivity contribution in [3.8, 4) is 10.8 Å². The van der Waals surface area contributed by atoms with Crippen LogP contribution in [0.3, 0.4) is 0 Å². The van der Waals surface area contributed by atoms with Gasteiger partial charge in [-0.05, 0) is 12.1 Å². The standard InChI is InChI=1S/C8H6ClN3O2S/c9-4-6(13)10-8-12-11-7(15-8)5-2-1-3-14-5/h1-3H,4H2,(H,10,12,13). The lowest BCUT2D eigenvalue weighted by molar-refractivity contribution is -0.113. The number of rotatable bonds is 3. The van der Waals surface area contributed by atoms with E-state index in [1.807, 2.05) is 0 Å². The van der Waals surface area contributed by atoms with E-state index >= 15 is 0 Å². The van der Waals surface area contributed by atoms with Gasteiger partial charge >= 0.3 is 0 Å².